The van der Waals surface area contributed by atoms with E-state index in [2.05, 4.69) is 50.1 Å². The van der Waals surface area contributed by atoms with Gasteiger partial charge >= 0.3 is 12.1 Å². The Bertz CT molecular complexity index is 4660. The Balaban J connectivity index is 0.856. The van der Waals surface area contributed by atoms with Gasteiger partial charge in [-0.05, 0) is 174 Å². The largest absolute Gasteiger partial charge is 0.492 e. The quantitative estimate of drug-likeness (QED) is 0.00664. The fourth-order valence-corrected chi connectivity index (χ4v) is 21.4. The second-order valence-corrected chi connectivity index (χ2v) is 38.5. The molecule has 4 aliphatic heterocycles. The van der Waals surface area contributed by atoms with Gasteiger partial charge in [-0.25, -0.2) is 14.6 Å². The summed E-state index contributed by atoms with van der Waals surface area (Å²) in [5.74, 6) is 6.91. The number of nitrogens with zero attached hydrogens (tertiary/aromatic N) is 2. The second kappa shape index (κ2) is 48.1. The third-order valence-electron chi connectivity index (χ3n) is 24.6. The van der Waals surface area contributed by atoms with E-state index < -0.39 is 185 Å². The highest BCUT2D eigenvalue weighted by Crippen LogP contribution is 2.70. The number of ketones is 4. The van der Waals surface area contributed by atoms with E-state index in [1.807, 2.05) is 40.8 Å². The zero-order valence-corrected chi connectivity index (χ0v) is 80.1. The van der Waals surface area contributed by atoms with Gasteiger partial charge in [0.25, 0.3) is 0 Å². The van der Waals surface area contributed by atoms with Gasteiger partial charge < -0.3 is 124 Å². The van der Waals surface area contributed by atoms with Gasteiger partial charge in [0, 0.05) is 113 Å². The third kappa shape index (κ3) is 25.0. The molecule has 25 atom stereocenters. The van der Waals surface area contributed by atoms with Crippen molar-refractivity contribution in [3.05, 3.63) is 92.2 Å². The number of hydrogen-bond acceptors (Lipinski definition) is 33. The average Bonchev–Trinajstić information content (AvgIpc) is 1.47. The number of urea groups is 1. The Kier molecular flexibility index (Phi) is 38.8. The van der Waals surface area contributed by atoms with Crippen molar-refractivity contribution in [1.82, 2.24) is 26.0 Å². The van der Waals surface area contributed by atoms with E-state index in [4.69, 9.17) is 73.1 Å². The molecular weight excluding hydrogens is 1860 g/mol. The zero-order valence-electron chi connectivity index (χ0n) is 75.5. The third-order valence-corrected chi connectivity index (χ3v) is 29.4. The number of primary amides is 1. The van der Waals surface area contributed by atoms with Gasteiger partial charge in [0.2, 0.25) is 29.0 Å². The summed E-state index contributed by atoms with van der Waals surface area (Å²) in [5, 5.41) is 67.7. The first kappa shape index (κ1) is 105. The number of ether oxygens (including phenoxy) is 12. The Morgan fingerprint density at radius 1 is 0.815 bits per heavy atom. The molecule has 1 spiro atoms. The molecule has 5 heterocycles. The molecule has 10 rings (SSSR count). The van der Waals surface area contributed by atoms with Crippen LogP contribution in [0.15, 0.2) is 77.0 Å². The molecule has 0 bridgehead atoms. The molecule has 3 aliphatic carbocycles. The molecule has 3 aromatic rings. The van der Waals surface area contributed by atoms with Gasteiger partial charge in [0.15, 0.2) is 36.2 Å². The van der Waals surface area contributed by atoms with Crippen LogP contribution in [0, 0.1) is 69.2 Å². The Morgan fingerprint density at radius 3 is 2.18 bits per heavy atom. The minimum atomic E-state index is -1.88. The Hall–Kier alpha value is -7.44. The lowest BCUT2D eigenvalue weighted by molar-refractivity contribution is -0.343. The number of nitrogens with one attached hydrogen (secondary N) is 4. The summed E-state index contributed by atoms with van der Waals surface area (Å²) >= 11 is 2.78. The number of aliphatic hydroxyl groups excluding tert-OH is 4. The highest BCUT2D eigenvalue weighted by Gasteiger charge is 2.78. The van der Waals surface area contributed by atoms with E-state index in [0.29, 0.717) is 63.1 Å². The number of amides is 5. The van der Waals surface area contributed by atoms with Crippen LogP contribution in [0.5, 0.6) is 17.2 Å². The normalized spacial score (nSPS) is 30.6. The number of rotatable bonds is 43. The van der Waals surface area contributed by atoms with Crippen LogP contribution in [0.2, 0.25) is 0 Å². The average molecular weight is 1980 g/mol. The predicted molar refractivity (Wildman–Crippen MR) is 488 cm³/mol. The summed E-state index contributed by atoms with van der Waals surface area (Å²) < 4.78 is 75.4. The van der Waals surface area contributed by atoms with E-state index in [1.54, 1.807) is 98.0 Å². The molecule has 1 aromatic heterocycles. The summed E-state index contributed by atoms with van der Waals surface area (Å²) in [6.07, 6.45) is -13.0. The Labute approximate surface area is 783 Å². The molecule has 3 unspecified atom stereocenters. The van der Waals surface area contributed by atoms with E-state index in [-0.39, 0.29) is 124 Å². The Morgan fingerprint density at radius 2 is 1.53 bits per heavy atom. The summed E-state index contributed by atoms with van der Waals surface area (Å²) in [6, 6.07) is 8.29. The number of thioether (sulfide) groups is 1. The minimum absolute atomic E-state index is 0.000460. The molecule has 6 fully saturated rings. The smallest absolute Gasteiger partial charge is 0.410 e. The van der Waals surface area contributed by atoms with E-state index in [9.17, 15) is 68.7 Å². The summed E-state index contributed by atoms with van der Waals surface area (Å²) in [6.45, 7) is 16.6. The first-order chi connectivity index (χ1) is 62.0. The molecule has 714 valence electrons. The van der Waals surface area contributed by atoms with Crippen molar-refractivity contribution in [2.75, 3.05) is 65.7 Å². The van der Waals surface area contributed by atoms with Crippen LogP contribution in [0.1, 0.15) is 154 Å². The number of Topliss-reactive ketones (excluding diaryl/α,β-unsaturated/α-hetero) is 4. The molecule has 39 heteroatoms. The van der Waals surface area contributed by atoms with E-state index >= 15 is 0 Å². The van der Waals surface area contributed by atoms with Gasteiger partial charge in [-0.3, -0.25) is 28.8 Å². The highest BCUT2D eigenvalue weighted by atomic mass is 127. The van der Waals surface area contributed by atoms with Gasteiger partial charge in [-0.2, -0.15) is 5.48 Å². The molecule has 13 N–H and O–H groups in total. The lowest BCUT2D eigenvalue weighted by Gasteiger charge is -2.60. The zero-order chi connectivity index (χ0) is 94.8. The van der Waals surface area contributed by atoms with Gasteiger partial charge in [0.1, 0.15) is 71.2 Å². The van der Waals surface area contributed by atoms with Crippen LogP contribution in [0.25, 0.3) is 0 Å². The molecule has 35 nitrogen and oxygen atoms in total. The number of pyridine rings is 1. The van der Waals surface area contributed by atoms with Crippen molar-refractivity contribution in [3.8, 4) is 40.9 Å². The van der Waals surface area contributed by atoms with E-state index in [0.717, 1.165) is 16.8 Å². The number of carbonyl (C=O) groups excluding carboxylic acids is 9. The number of anilines is 1. The molecule has 7 aliphatic rings. The number of nitrogens with two attached hydrogens (primary N) is 2. The fraction of sp³-hybridized carbons (Fsp3) is 0.626. The number of aliphatic hydroxyl groups is 5. The van der Waals surface area contributed by atoms with Crippen LogP contribution in [0.3, 0.4) is 0 Å². The number of allylic oxidation sites excluding steroid dienone is 2. The maximum Gasteiger partial charge on any atom is 0.410 e. The molecule has 2 saturated carbocycles. The number of methoxy groups -OCH3 is 4. The molecule has 5 amide bonds. The number of benzene rings is 2. The number of halogens is 1. The van der Waals surface area contributed by atoms with Crippen LogP contribution < -0.4 is 47.1 Å². The van der Waals surface area contributed by atoms with Crippen LogP contribution in [0.4, 0.5) is 15.3 Å². The monoisotopic (exact) mass is 1980 g/mol. The fourth-order valence-electron chi connectivity index (χ4n) is 17.8. The molecular formula is C91H123IN8O27S3. The van der Waals surface area contributed by atoms with Gasteiger partial charge in [-0.15, -0.1) is 0 Å². The van der Waals surface area contributed by atoms with Gasteiger partial charge in [-0.1, -0.05) is 90.8 Å². The molecule has 0 radical (unpaired) electrons. The lowest BCUT2D eigenvalue weighted by atomic mass is 9.44. The van der Waals surface area contributed by atoms with Crippen LogP contribution in [-0.4, -0.2) is 269 Å². The SMILES string of the molecule is CCN(C(=O)OCc1ccc(NC(=O)[C@H](CCCNC(N)=O)CC(=O)[C@@H](NC(=O)[C@H](CCCCN)CC(C)=O)C(C)C)cc1)[C@H]1CO[C@@H](O[C@H]2[C@H](O[C@H]3C#C/C=C(/C)C#CC45C(CC(C)=O)C(=O)C[C@]4(O)/C(=C/CSSc4ccccn4)C35)O[C@H](C)[C@@H](NO[C@H]3C[C@H](O)[C@H](SC(=O)c4c(C)c(I)c(O[C@@H]5O[C@@H](C)[C@H](O)[C@@H](OC)[C@H]5O)c(OC)c4OC)[C@@H](C)O3)[C@@H]2O)C[C@@H]1OC. The molecule has 130 heavy (non-hydrogen) atoms. The summed E-state index contributed by atoms with van der Waals surface area (Å²) in [4.78, 5) is 135. The van der Waals surface area contributed by atoms with Crippen molar-refractivity contribution in [3.63, 3.8) is 0 Å². The number of likely N-dealkylation sites (N-methyl/N-ethyl adjacent to an activating group) is 1. The van der Waals surface area contributed by atoms with Crippen molar-refractivity contribution >= 4 is 114 Å². The highest BCUT2D eigenvalue weighted by molar-refractivity contribution is 14.1. The van der Waals surface area contributed by atoms with Crippen LogP contribution >= 0.6 is 55.9 Å². The molecule has 2 aromatic carbocycles. The first-order valence-corrected chi connectivity index (χ1v) is 47.9. The van der Waals surface area contributed by atoms with Crippen molar-refractivity contribution in [1.29, 1.82) is 0 Å². The topological polar surface area (TPSA) is 491 Å². The summed E-state index contributed by atoms with van der Waals surface area (Å²) in [7, 11) is 8.32. The second-order valence-electron chi connectivity index (χ2n) is 33.9. The van der Waals surface area contributed by atoms with Crippen molar-refractivity contribution in [2.45, 2.75) is 273 Å². The van der Waals surface area contributed by atoms with Crippen LogP contribution in [-0.2, 0) is 82.8 Å². The minimum Gasteiger partial charge on any atom is -0.492 e. The predicted octanol–water partition coefficient (Wildman–Crippen LogP) is 7.24. The van der Waals surface area contributed by atoms with Gasteiger partial charge in [0.05, 0.1) is 89.3 Å². The maximum atomic E-state index is 14.7. The molecule has 4 saturated heterocycles. The number of aromatic nitrogens is 1. The number of hydrogen-bond donors (Lipinski definition) is 11. The number of carbonyl (C=O) groups is 9. The standard InChI is InChI=1S/C91H123IN8O27S3/c1-15-100(89(113)120-44-54-27-29-57(30-28-54)97-83(109)56(24-21-36-96-88(94)112)40-61(103)72(46(2)3)98-84(110)55(38-48(5)101)23-16-18-34-93)60-45-119-67(42-65(60)115-11)125-80-75(107)73(99-127-68-41-62(104)82(53(10)121-68)129-85(111)69-50(7)71(92)78(81(118-14)77(69)116-12)126-86-76(108)79(117-13)74(106)52(9)123-86)51(8)122-87(80)124-64-25-20-22-47(4)31-33-90-59(39-49(6)102)63(105)43-91(90,114)58(70(64)90)32-37-128-130-66-26-17-19-35-95-66/h17,19,22,26-30,32,35,46,51-53,55-56,59-60,62,64-65,67-68,70,72-76,79-80,82,86-87,99,104,106-108,114H,15-16,18,21,23-24,34,36-45,93H2,1-14H3,(H,97,109)(H,98,110)(H3,94,96,112)/b47-22-,58-32+/t51-,52+,53-,55-,56-,59?,60+,62+,64+,65+,67+,68+,70?,72+,73-,74+,75+,76-,79-,80-,82-,86+,87+,90?,91+/m1/s1. The number of unbranched alkanes of at least 4 members (excludes halogenated alkanes) is 1. The lowest BCUT2D eigenvalue weighted by Crippen LogP contribution is -2.69. The van der Waals surface area contributed by atoms with Crippen molar-refractivity contribution < 1.29 is 130 Å². The number of hydroxylamine groups is 1. The maximum absolute atomic E-state index is 14.7. The van der Waals surface area contributed by atoms with E-state index in [1.165, 1.54) is 68.8 Å². The van der Waals surface area contributed by atoms with Crippen molar-refractivity contribution in [2.24, 2.45) is 46.5 Å². The first-order valence-electron chi connectivity index (χ1n) is 43.6. The summed E-state index contributed by atoms with van der Waals surface area (Å²) in [5.41, 5.74) is 12.7.